The van der Waals surface area contributed by atoms with Gasteiger partial charge in [-0.25, -0.2) is 0 Å². The summed E-state index contributed by atoms with van der Waals surface area (Å²) in [5.74, 6) is -0.446. The van der Waals surface area contributed by atoms with E-state index in [1.165, 1.54) is 5.51 Å². The van der Waals surface area contributed by atoms with E-state index in [9.17, 15) is 17.1 Å². The number of halogens is 1. The molecule has 2 rings (SSSR count). The quantitative estimate of drug-likeness (QED) is 0.688. The smallest absolute Gasteiger partial charge is 0.285 e. The summed E-state index contributed by atoms with van der Waals surface area (Å²) < 4.78 is 33.9. The first-order chi connectivity index (χ1) is 6.98. The maximum absolute atomic E-state index is 12.6. The Morgan fingerprint density at radius 3 is 2.80 bits per heavy atom. The minimum atomic E-state index is -4.67. The number of aromatic nitrogens is 2. The van der Waals surface area contributed by atoms with Crippen LogP contribution in [-0.2, 0) is 15.0 Å². The molecular weight excluding hydrogens is 245 g/mol. The Labute approximate surface area is 88.9 Å². The van der Waals surface area contributed by atoms with Crippen LogP contribution in [0.4, 0.5) is 9.02 Å². The largest absolute Gasteiger partial charge is 0.307 e. The third-order valence-electron chi connectivity index (χ3n) is 2.07. The maximum Gasteiger partial charge on any atom is 0.307 e. The van der Waals surface area contributed by atoms with Crippen LogP contribution in [0.3, 0.4) is 0 Å². The maximum atomic E-state index is 12.6. The molecule has 2 heterocycles. The van der Waals surface area contributed by atoms with E-state index >= 15 is 0 Å². The van der Waals surface area contributed by atoms with Crippen LogP contribution < -0.4 is 4.90 Å². The van der Waals surface area contributed by atoms with Crippen LogP contribution in [-0.4, -0.2) is 36.3 Å². The van der Waals surface area contributed by atoms with Crippen molar-refractivity contribution in [1.82, 2.24) is 10.2 Å². The SMILES string of the molecule is O=C1CC(S(=O)(=O)F)CN1c1nncs1. The highest BCUT2D eigenvalue weighted by Gasteiger charge is 2.40. The van der Waals surface area contributed by atoms with E-state index in [-0.39, 0.29) is 13.0 Å². The molecule has 1 amide bonds. The van der Waals surface area contributed by atoms with Gasteiger partial charge in [-0.05, 0) is 0 Å². The molecule has 0 aliphatic carbocycles. The fraction of sp³-hybridized carbons (Fsp3) is 0.500. The molecule has 1 aliphatic heterocycles. The minimum absolute atomic E-state index is 0.188. The molecule has 1 saturated heterocycles. The number of amides is 1. The number of carbonyl (C=O) groups excluding carboxylic acids is 1. The summed E-state index contributed by atoms with van der Waals surface area (Å²) in [7, 11) is -4.67. The number of nitrogens with zero attached hydrogens (tertiary/aromatic N) is 3. The summed E-state index contributed by atoms with van der Waals surface area (Å²) in [5.41, 5.74) is 1.42. The number of rotatable bonds is 2. The van der Waals surface area contributed by atoms with Gasteiger partial charge in [-0.1, -0.05) is 11.3 Å². The van der Waals surface area contributed by atoms with Crippen molar-refractivity contribution in [3.8, 4) is 0 Å². The molecule has 1 aliphatic rings. The molecule has 6 nitrogen and oxygen atoms in total. The zero-order chi connectivity index (χ0) is 11.1. The monoisotopic (exact) mass is 251 g/mol. The Hall–Kier alpha value is -1.09. The second-order valence-electron chi connectivity index (χ2n) is 3.03. The normalized spacial score (nSPS) is 22.3. The molecule has 0 saturated carbocycles. The summed E-state index contributed by atoms with van der Waals surface area (Å²) in [6.45, 7) is -0.188. The van der Waals surface area contributed by atoms with Crippen LogP contribution in [0.15, 0.2) is 5.51 Å². The Morgan fingerprint density at radius 1 is 1.60 bits per heavy atom. The third-order valence-corrected chi connectivity index (χ3v) is 3.89. The van der Waals surface area contributed by atoms with E-state index in [1.807, 2.05) is 0 Å². The molecule has 1 aromatic rings. The Morgan fingerprint density at radius 2 is 2.33 bits per heavy atom. The minimum Gasteiger partial charge on any atom is -0.285 e. The van der Waals surface area contributed by atoms with Gasteiger partial charge in [-0.2, -0.15) is 8.42 Å². The summed E-state index contributed by atoms with van der Waals surface area (Å²) in [6, 6.07) is 0. The van der Waals surface area contributed by atoms with Crippen LogP contribution in [0.1, 0.15) is 6.42 Å². The summed E-state index contributed by atoms with van der Waals surface area (Å²) in [6.07, 6.45) is -0.335. The van der Waals surface area contributed by atoms with E-state index in [1.54, 1.807) is 0 Å². The van der Waals surface area contributed by atoms with Crippen LogP contribution in [0.5, 0.6) is 0 Å². The molecule has 1 atom stereocenters. The van der Waals surface area contributed by atoms with Gasteiger partial charge in [0.15, 0.2) is 0 Å². The van der Waals surface area contributed by atoms with E-state index in [0.717, 1.165) is 16.2 Å². The van der Waals surface area contributed by atoms with E-state index in [4.69, 9.17) is 0 Å². The number of carbonyl (C=O) groups is 1. The Bertz CT molecular complexity index is 472. The van der Waals surface area contributed by atoms with Crippen molar-refractivity contribution < 1.29 is 17.1 Å². The van der Waals surface area contributed by atoms with Gasteiger partial charge in [0.05, 0.1) is 0 Å². The van der Waals surface area contributed by atoms with E-state index < -0.39 is 21.4 Å². The molecule has 0 aromatic carbocycles. The van der Waals surface area contributed by atoms with Crippen molar-refractivity contribution in [3.63, 3.8) is 0 Å². The number of anilines is 1. The van der Waals surface area contributed by atoms with Crippen molar-refractivity contribution in [2.45, 2.75) is 11.7 Å². The van der Waals surface area contributed by atoms with Gasteiger partial charge in [-0.15, -0.1) is 14.1 Å². The molecule has 82 valence electrons. The lowest BCUT2D eigenvalue weighted by molar-refractivity contribution is -0.117. The van der Waals surface area contributed by atoms with Gasteiger partial charge in [-0.3, -0.25) is 9.69 Å². The van der Waals surface area contributed by atoms with Gasteiger partial charge >= 0.3 is 10.2 Å². The standard InChI is InChI=1S/C6H6FN3O3S2/c7-15(12,13)4-1-5(11)10(2-4)6-9-8-3-14-6/h3-4H,1-2H2. The average molecular weight is 251 g/mol. The molecule has 15 heavy (non-hydrogen) atoms. The molecular formula is C6H6FN3O3S2. The number of hydrogen-bond donors (Lipinski definition) is 0. The van der Waals surface area contributed by atoms with Crippen molar-refractivity contribution in [3.05, 3.63) is 5.51 Å². The molecule has 0 spiro atoms. The first-order valence-corrected chi connectivity index (χ1v) is 6.31. The second-order valence-corrected chi connectivity index (χ2v) is 5.46. The topological polar surface area (TPSA) is 80.2 Å². The lowest BCUT2D eigenvalue weighted by atomic mass is 10.4. The lowest BCUT2D eigenvalue weighted by Crippen LogP contribution is -2.26. The van der Waals surface area contributed by atoms with Crippen molar-refractivity contribution in [2.24, 2.45) is 0 Å². The van der Waals surface area contributed by atoms with Crippen molar-refractivity contribution in [2.75, 3.05) is 11.4 Å². The van der Waals surface area contributed by atoms with Gasteiger partial charge in [0.2, 0.25) is 11.0 Å². The lowest BCUT2D eigenvalue weighted by Gasteiger charge is -2.10. The van der Waals surface area contributed by atoms with E-state index in [2.05, 4.69) is 10.2 Å². The Kier molecular flexibility index (Phi) is 2.43. The van der Waals surface area contributed by atoms with Crippen molar-refractivity contribution in [1.29, 1.82) is 0 Å². The zero-order valence-corrected chi connectivity index (χ0v) is 8.96. The fourth-order valence-electron chi connectivity index (χ4n) is 1.33. The summed E-state index contributed by atoms with van der Waals surface area (Å²) in [4.78, 5) is 12.5. The second kappa shape index (κ2) is 3.49. The molecule has 0 N–H and O–H groups in total. The molecule has 9 heteroatoms. The predicted molar refractivity (Wildman–Crippen MR) is 50.7 cm³/mol. The highest BCUT2D eigenvalue weighted by Crippen LogP contribution is 2.26. The van der Waals surface area contributed by atoms with Crippen LogP contribution in [0.2, 0.25) is 0 Å². The summed E-state index contributed by atoms with van der Waals surface area (Å²) in [5, 5.41) is 6.16. The predicted octanol–water partition coefficient (Wildman–Crippen LogP) is -0.0573. The van der Waals surface area contributed by atoms with Gasteiger partial charge in [0.25, 0.3) is 0 Å². The van der Waals surface area contributed by atoms with Gasteiger partial charge < -0.3 is 0 Å². The highest BCUT2D eigenvalue weighted by molar-refractivity contribution is 7.87. The van der Waals surface area contributed by atoms with Crippen LogP contribution in [0, 0.1) is 0 Å². The van der Waals surface area contributed by atoms with Gasteiger partial charge in [0.1, 0.15) is 10.8 Å². The molecule has 1 fully saturated rings. The van der Waals surface area contributed by atoms with Gasteiger partial charge in [0, 0.05) is 13.0 Å². The first-order valence-electron chi connectivity index (χ1n) is 3.98. The first kappa shape index (κ1) is 10.4. The third kappa shape index (κ3) is 1.97. The number of hydrogen-bond acceptors (Lipinski definition) is 6. The molecule has 1 unspecified atom stereocenters. The van der Waals surface area contributed by atoms with Crippen molar-refractivity contribution >= 4 is 32.6 Å². The highest BCUT2D eigenvalue weighted by atomic mass is 32.3. The van der Waals surface area contributed by atoms with E-state index in [0.29, 0.717) is 5.13 Å². The molecule has 1 aromatic heterocycles. The summed E-state index contributed by atoms with van der Waals surface area (Å²) >= 11 is 1.10. The van der Waals surface area contributed by atoms with Crippen LogP contribution in [0.25, 0.3) is 0 Å². The Balaban J connectivity index is 2.23. The van der Waals surface area contributed by atoms with Crippen LogP contribution >= 0.6 is 11.3 Å². The molecule has 0 radical (unpaired) electrons. The average Bonchev–Trinajstić information content (AvgIpc) is 2.69. The zero-order valence-electron chi connectivity index (χ0n) is 7.33. The molecule has 0 bridgehead atoms. The fourth-order valence-corrected chi connectivity index (χ4v) is 2.59.